The van der Waals surface area contributed by atoms with Crippen LogP contribution in [0.1, 0.15) is 37.4 Å². The van der Waals surface area contributed by atoms with Crippen molar-refractivity contribution in [2.24, 2.45) is 0 Å². The Morgan fingerprint density at radius 3 is 1.68 bits per heavy atom. The SMILES string of the molecule is Cc1ccc(C(=O)O[C@@H](C(=O)O)[C@@H](OC(=O)c2ccc(C)cc2)C(=O)Nc2cccc(C(F)(F)F)c2)cc1. The summed E-state index contributed by atoms with van der Waals surface area (Å²) in [6, 6.07) is 15.3. The highest BCUT2D eigenvalue weighted by Gasteiger charge is 2.41. The predicted molar refractivity (Wildman–Crippen MR) is 128 cm³/mol. The van der Waals surface area contributed by atoms with E-state index in [0.717, 1.165) is 29.3 Å². The van der Waals surface area contributed by atoms with Crippen LogP contribution < -0.4 is 5.32 Å². The van der Waals surface area contributed by atoms with Crippen molar-refractivity contribution in [1.82, 2.24) is 0 Å². The minimum Gasteiger partial charge on any atom is -0.478 e. The number of nitrogens with one attached hydrogen (secondary N) is 1. The van der Waals surface area contributed by atoms with Crippen molar-refractivity contribution in [2.75, 3.05) is 5.32 Å². The van der Waals surface area contributed by atoms with E-state index in [1.807, 2.05) is 0 Å². The van der Waals surface area contributed by atoms with Gasteiger partial charge < -0.3 is 19.9 Å². The van der Waals surface area contributed by atoms with Crippen molar-refractivity contribution in [3.05, 3.63) is 101 Å². The lowest BCUT2D eigenvalue weighted by atomic mass is 10.1. The lowest BCUT2D eigenvalue weighted by molar-refractivity contribution is -0.157. The Balaban J connectivity index is 1.93. The highest BCUT2D eigenvalue weighted by Crippen LogP contribution is 2.30. The number of carbonyl (C=O) groups is 4. The summed E-state index contributed by atoms with van der Waals surface area (Å²) in [7, 11) is 0. The van der Waals surface area contributed by atoms with E-state index < -0.39 is 47.8 Å². The van der Waals surface area contributed by atoms with Crippen LogP contribution in [0.25, 0.3) is 0 Å². The van der Waals surface area contributed by atoms with Crippen molar-refractivity contribution >= 4 is 29.5 Å². The van der Waals surface area contributed by atoms with Crippen LogP contribution in [0, 0.1) is 13.8 Å². The number of hydrogen-bond acceptors (Lipinski definition) is 6. The van der Waals surface area contributed by atoms with Crippen molar-refractivity contribution in [3.8, 4) is 0 Å². The molecule has 8 nitrogen and oxygen atoms in total. The van der Waals surface area contributed by atoms with Gasteiger partial charge in [0.05, 0.1) is 16.7 Å². The molecule has 198 valence electrons. The fourth-order valence-corrected chi connectivity index (χ4v) is 3.23. The lowest BCUT2D eigenvalue weighted by Crippen LogP contribution is -2.48. The molecule has 0 aliphatic heterocycles. The second kappa shape index (κ2) is 11.6. The first-order valence-electron chi connectivity index (χ1n) is 11.1. The molecule has 0 bridgehead atoms. The number of aliphatic carboxylic acids is 1. The summed E-state index contributed by atoms with van der Waals surface area (Å²) in [5.41, 5.74) is 0.0991. The molecule has 2 N–H and O–H groups in total. The van der Waals surface area contributed by atoms with Gasteiger partial charge in [-0.1, -0.05) is 41.5 Å². The molecular formula is C27H22F3NO7. The fraction of sp³-hybridized carbons (Fsp3) is 0.185. The summed E-state index contributed by atoms with van der Waals surface area (Å²) in [4.78, 5) is 50.5. The minimum atomic E-state index is -4.72. The molecule has 1 amide bonds. The van der Waals surface area contributed by atoms with Crippen LogP contribution in [0.15, 0.2) is 72.8 Å². The molecule has 3 rings (SSSR count). The molecule has 3 aromatic rings. The number of carbonyl (C=O) groups excluding carboxylic acids is 3. The molecular weight excluding hydrogens is 507 g/mol. The van der Waals surface area contributed by atoms with E-state index in [0.29, 0.717) is 6.07 Å². The van der Waals surface area contributed by atoms with E-state index >= 15 is 0 Å². The topological polar surface area (TPSA) is 119 Å². The highest BCUT2D eigenvalue weighted by molar-refractivity contribution is 6.01. The van der Waals surface area contributed by atoms with Gasteiger partial charge in [0.15, 0.2) is 0 Å². The molecule has 0 fully saturated rings. The standard InChI is InChI=1S/C27H22F3NO7/c1-15-6-10-17(11-7-15)25(35)37-21(23(32)31-20-5-3-4-19(14-20)27(28,29)30)22(24(33)34)38-26(36)18-12-8-16(2)9-13-18/h3-14,21-22H,1-2H3,(H,31,32)(H,33,34)/t21-,22-/m1/s1. The molecule has 0 aromatic heterocycles. The van der Waals surface area contributed by atoms with Gasteiger partial charge in [-0.25, -0.2) is 14.4 Å². The number of amides is 1. The summed E-state index contributed by atoms with van der Waals surface area (Å²) in [6.07, 6.45) is -9.31. The van der Waals surface area contributed by atoms with Gasteiger partial charge in [0.1, 0.15) is 0 Å². The maximum atomic E-state index is 13.1. The van der Waals surface area contributed by atoms with Crippen molar-refractivity contribution in [2.45, 2.75) is 32.2 Å². The Kier molecular flexibility index (Phi) is 8.51. The molecule has 0 saturated carbocycles. The molecule has 38 heavy (non-hydrogen) atoms. The van der Waals surface area contributed by atoms with E-state index in [2.05, 4.69) is 5.32 Å². The van der Waals surface area contributed by atoms with Crippen LogP contribution in [-0.4, -0.2) is 41.1 Å². The number of halogens is 3. The fourth-order valence-electron chi connectivity index (χ4n) is 3.23. The summed E-state index contributed by atoms with van der Waals surface area (Å²) in [6.45, 7) is 3.51. The molecule has 2 atom stereocenters. The highest BCUT2D eigenvalue weighted by atomic mass is 19.4. The number of aryl methyl sites for hydroxylation is 2. The summed E-state index contributed by atoms with van der Waals surface area (Å²) in [5.74, 6) is -5.40. The molecule has 0 unspecified atom stereocenters. The van der Waals surface area contributed by atoms with Crippen LogP contribution in [0.5, 0.6) is 0 Å². The zero-order valence-electron chi connectivity index (χ0n) is 20.1. The number of rotatable bonds is 8. The molecule has 0 aliphatic rings. The first-order valence-corrected chi connectivity index (χ1v) is 11.1. The van der Waals surface area contributed by atoms with E-state index in [1.54, 1.807) is 38.1 Å². The summed E-state index contributed by atoms with van der Waals surface area (Å²) in [5, 5.41) is 11.9. The van der Waals surface area contributed by atoms with Gasteiger partial charge in [-0.05, 0) is 56.3 Å². The smallest absolute Gasteiger partial charge is 0.416 e. The number of alkyl halides is 3. The second-order valence-corrected chi connectivity index (χ2v) is 8.29. The van der Waals surface area contributed by atoms with Crippen LogP contribution in [0.4, 0.5) is 18.9 Å². The van der Waals surface area contributed by atoms with Gasteiger partial charge in [-0.3, -0.25) is 4.79 Å². The van der Waals surface area contributed by atoms with Gasteiger partial charge in [0, 0.05) is 5.69 Å². The zero-order valence-corrected chi connectivity index (χ0v) is 20.1. The summed E-state index contributed by atoms with van der Waals surface area (Å²) < 4.78 is 49.5. The molecule has 11 heteroatoms. The Hall–Kier alpha value is -4.67. The van der Waals surface area contributed by atoms with Gasteiger partial charge in [-0.2, -0.15) is 13.2 Å². The number of ether oxygens (including phenoxy) is 2. The zero-order chi connectivity index (χ0) is 28.0. The second-order valence-electron chi connectivity index (χ2n) is 8.29. The van der Waals surface area contributed by atoms with E-state index in [4.69, 9.17) is 9.47 Å². The average Bonchev–Trinajstić information content (AvgIpc) is 2.86. The number of carboxylic acids is 1. The number of esters is 2. The van der Waals surface area contributed by atoms with Crippen molar-refractivity contribution in [3.63, 3.8) is 0 Å². The van der Waals surface area contributed by atoms with E-state index in [9.17, 15) is 37.5 Å². The number of anilines is 1. The Morgan fingerprint density at radius 2 is 1.24 bits per heavy atom. The average molecular weight is 529 g/mol. The van der Waals surface area contributed by atoms with Crippen LogP contribution in [-0.2, 0) is 25.2 Å². The van der Waals surface area contributed by atoms with E-state index in [1.165, 1.54) is 24.3 Å². The lowest BCUT2D eigenvalue weighted by Gasteiger charge is -2.24. The van der Waals surface area contributed by atoms with Crippen LogP contribution in [0.3, 0.4) is 0 Å². The predicted octanol–water partition coefficient (Wildman–Crippen LogP) is 4.80. The largest absolute Gasteiger partial charge is 0.478 e. The van der Waals surface area contributed by atoms with E-state index in [-0.39, 0.29) is 16.8 Å². The molecule has 0 radical (unpaired) electrons. The first-order chi connectivity index (χ1) is 17.8. The quantitative estimate of drug-likeness (QED) is 0.403. The molecule has 0 spiro atoms. The number of benzene rings is 3. The third-order valence-corrected chi connectivity index (χ3v) is 5.28. The van der Waals surface area contributed by atoms with Crippen LogP contribution in [0.2, 0.25) is 0 Å². The van der Waals surface area contributed by atoms with Crippen molar-refractivity contribution < 1.29 is 46.9 Å². The molecule has 0 aliphatic carbocycles. The monoisotopic (exact) mass is 529 g/mol. The van der Waals surface area contributed by atoms with Gasteiger partial charge >= 0.3 is 24.1 Å². The van der Waals surface area contributed by atoms with Gasteiger partial charge in [0.2, 0.25) is 12.2 Å². The van der Waals surface area contributed by atoms with Crippen molar-refractivity contribution in [1.29, 1.82) is 0 Å². The van der Waals surface area contributed by atoms with Gasteiger partial charge in [-0.15, -0.1) is 0 Å². The number of hydrogen-bond donors (Lipinski definition) is 2. The third-order valence-electron chi connectivity index (χ3n) is 5.28. The molecule has 3 aromatic carbocycles. The van der Waals surface area contributed by atoms with Crippen LogP contribution >= 0.6 is 0 Å². The maximum absolute atomic E-state index is 13.1. The Bertz CT molecular complexity index is 1340. The molecule has 0 heterocycles. The molecule has 0 saturated heterocycles. The van der Waals surface area contributed by atoms with Gasteiger partial charge in [0.25, 0.3) is 5.91 Å². The maximum Gasteiger partial charge on any atom is 0.416 e. The summed E-state index contributed by atoms with van der Waals surface area (Å²) >= 11 is 0. The third kappa shape index (κ3) is 7.19. The first kappa shape index (κ1) is 27.9. The number of carboxylic acid groups (broad SMARTS) is 1. The Morgan fingerprint density at radius 1 is 0.763 bits per heavy atom. The normalized spacial score (nSPS) is 12.7. The Labute approximate surface area is 215 Å². The minimum absolute atomic E-state index is 0.0382.